The van der Waals surface area contributed by atoms with Crippen molar-refractivity contribution in [3.63, 3.8) is 0 Å². The van der Waals surface area contributed by atoms with Crippen LogP contribution in [-0.2, 0) is 9.53 Å². The first-order valence-electron chi connectivity index (χ1n) is 6.62. The minimum Gasteiger partial charge on any atom is -0.481 e. The first-order valence-corrected chi connectivity index (χ1v) is 6.62. The van der Waals surface area contributed by atoms with Gasteiger partial charge in [-0.15, -0.1) is 0 Å². The number of hydrogen-bond donors (Lipinski definition) is 1. The average Bonchev–Trinajstić information content (AvgIpc) is 2.46. The molecule has 6 nitrogen and oxygen atoms in total. The van der Waals surface area contributed by atoms with Crippen LogP contribution < -0.4 is 10.1 Å². The van der Waals surface area contributed by atoms with Gasteiger partial charge in [-0.2, -0.15) is 4.98 Å². The van der Waals surface area contributed by atoms with E-state index in [9.17, 15) is 13.6 Å². The molecule has 0 saturated carbocycles. The molecule has 2 rings (SSSR count). The normalized spacial score (nSPS) is 11.9. The second kappa shape index (κ2) is 7.10. The number of carbonyl (C=O) groups excluding carboxylic acids is 1. The number of halogens is 2. The Balaban J connectivity index is 2.25. The Morgan fingerprint density at radius 3 is 2.35 bits per heavy atom. The minimum absolute atomic E-state index is 0.00535. The topological polar surface area (TPSA) is 73.3 Å². The number of anilines is 1. The minimum atomic E-state index is -1.21. The van der Waals surface area contributed by atoms with E-state index in [-0.39, 0.29) is 17.4 Å². The smallest absolute Gasteiger partial charge is 0.260 e. The number of hydrogen-bond acceptors (Lipinski definition) is 5. The number of nitrogens with zero attached hydrogens (tertiary/aromatic N) is 2. The fraction of sp³-hybridized carbons (Fsp3) is 0.267. The molecule has 1 heterocycles. The van der Waals surface area contributed by atoms with E-state index in [2.05, 4.69) is 15.3 Å². The fourth-order valence-corrected chi connectivity index (χ4v) is 2.00. The lowest BCUT2D eigenvalue weighted by atomic mass is 10.1. The number of benzene rings is 1. The SMILES string of the molecule is COc1cc(C)nc(NC(=O)C(OC)c2cc(F)cc(F)c2)n1. The van der Waals surface area contributed by atoms with Gasteiger partial charge in [0.25, 0.3) is 5.91 Å². The van der Waals surface area contributed by atoms with E-state index in [1.54, 1.807) is 13.0 Å². The summed E-state index contributed by atoms with van der Waals surface area (Å²) in [6, 6.07) is 4.34. The molecule has 8 heteroatoms. The van der Waals surface area contributed by atoms with Gasteiger partial charge in [-0.3, -0.25) is 10.1 Å². The van der Waals surface area contributed by atoms with E-state index >= 15 is 0 Å². The van der Waals surface area contributed by atoms with Crippen LogP contribution in [0.1, 0.15) is 17.4 Å². The zero-order valence-corrected chi connectivity index (χ0v) is 12.8. The highest BCUT2D eigenvalue weighted by Gasteiger charge is 2.22. The number of aromatic nitrogens is 2. The maximum Gasteiger partial charge on any atom is 0.260 e. The van der Waals surface area contributed by atoms with Gasteiger partial charge in [-0.25, -0.2) is 13.8 Å². The molecule has 0 bridgehead atoms. The lowest BCUT2D eigenvalue weighted by Gasteiger charge is -2.15. The van der Waals surface area contributed by atoms with Gasteiger partial charge in [0.1, 0.15) is 11.6 Å². The predicted octanol–water partition coefficient (Wildman–Crippen LogP) is 2.40. The predicted molar refractivity (Wildman–Crippen MR) is 78.1 cm³/mol. The molecule has 1 amide bonds. The van der Waals surface area contributed by atoms with Crippen LogP contribution in [0.25, 0.3) is 0 Å². The summed E-state index contributed by atoms with van der Waals surface area (Å²) >= 11 is 0. The van der Waals surface area contributed by atoms with Crippen molar-refractivity contribution in [2.45, 2.75) is 13.0 Å². The van der Waals surface area contributed by atoms with Crippen LogP contribution >= 0.6 is 0 Å². The van der Waals surface area contributed by atoms with Crippen LogP contribution in [0.4, 0.5) is 14.7 Å². The van der Waals surface area contributed by atoms with Crippen molar-refractivity contribution < 1.29 is 23.0 Å². The number of carbonyl (C=O) groups is 1. The van der Waals surface area contributed by atoms with Crippen molar-refractivity contribution in [3.05, 3.63) is 47.2 Å². The van der Waals surface area contributed by atoms with Crippen molar-refractivity contribution in [2.75, 3.05) is 19.5 Å². The summed E-state index contributed by atoms with van der Waals surface area (Å²) in [5.74, 6) is -1.99. The van der Waals surface area contributed by atoms with Crippen LogP contribution in [0.5, 0.6) is 5.88 Å². The standard InChI is InChI=1S/C15H15F2N3O3/c1-8-4-12(22-2)19-15(18-8)20-14(21)13(23-3)9-5-10(16)7-11(17)6-9/h4-7,13H,1-3H3,(H,18,19,20,21). The summed E-state index contributed by atoms with van der Waals surface area (Å²) in [4.78, 5) is 20.3. The lowest BCUT2D eigenvalue weighted by Crippen LogP contribution is -2.24. The van der Waals surface area contributed by atoms with Crippen molar-refractivity contribution in [3.8, 4) is 5.88 Å². The maximum absolute atomic E-state index is 13.3. The Bertz CT molecular complexity index is 705. The van der Waals surface area contributed by atoms with E-state index < -0.39 is 23.6 Å². The third-order valence-electron chi connectivity index (χ3n) is 2.94. The molecule has 0 aliphatic heterocycles. The third-order valence-corrected chi connectivity index (χ3v) is 2.94. The second-order valence-corrected chi connectivity index (χ2v) is 4.68. The quantitative estimate of drug-likeness (QED) is 0.914. The molecule has 2 aromatic rings. The molecular weight excluding hydrogens is 308 g/mol. The molecule has 0 radical (unpaired) electrons. The molecule has 1 N–H and O–H groups in total. The third kappa shape index (κ3) is 4.19. The highest BCUT2D eigenvalue weighted by molar-refractivity contribution is 5.93. The molecule has 0 spiro atoms. The summed E-state index contributed by atoms with van der Waals surface area (Å²) in [5.41, 5.74) is 0.625. The molecule has 1 aromatic heterocycles. The number of ether oxygens (including phenoxy) is 2. The molecule has 1 aromatic carbocycles. The van der Waals surface area contributed by atoms with E-state index in [1.165, 1.54) is 14.2 Å². The molecule has 1 atom stereocenters. The Morgan fingerprint density at radius 1 is 1.13 bits per heavy atom. The molecule has 1 unspecified atom stereocenters. The van der Waals surface area contributed by atoms with Crippen molar-refractivity contribution in [2.24, 2.45) is 0 Å². The summed E-state index contributed by atoms with van der Waals surface area (Å²) in [5, 5.41) is 2.43. The fourth-order valence-electron chi connectivity index (χ4n) is 2.00. The van der Waals surface area contributed by atoms with E-state index in [0.29, 0.717) is 11.8 Å². The largest absolute Gasteiger partial charge is 0.481 e. The van der Waals surface area contributed by atoms with Gasteiger partial charge in [0.15, 0.2) is 6.10 Å². The van der Waals surface area contributed by atoms with Gasteiger partial charge >= 0.3 is 0 Å². The summed E-state index contributed by atoms with van der Waals surface area (Å²) in [7, 11) is 2.69. The lowest BCUT2D eigenvalue weighted by molar-refractivity contribution is -0.126. The molecule has 23 heavy (non-hydrogen) atoms. The van der Waals surface area contributed by atoms with E-state index in [0.717, 1.165) is 12.1 Å². The van der Waals surface area contributed by atoms with Crippen LogP contribution in [0.15, 0.2) is 24.3 Å². The Hall–Kier alpha value is -2.61. The number of nitrogens with one attached hydrogen (secondary N) is 1. The van der Waals surface area contributed by atoms with Crippen molar-refractivity contribution in [1.82, 2.24) is 9.97 Å². The van der Waals surface area contributed by atoms with Crippen LogP contribution in [0.2, 0.25) is 0 Å². The molecule has 0 aliphatic rings. The summed E-state index contributed by atoms with van der Waals surface area (Å²) < 4.78 is 36.6. The van der Waals surface area contributed by atoms with Crippen molar-refractivity contribution in [1.29, 1.82) is 0 Å². The maximum atomic E-state index is 13.3. The second-order valence-electron chi connectivity index (χ2n) is 4.68. The zero-order valence-electron chi connectivity index (χ0n) is 12.8. The Kier molecular flexibility index (Phi) is 5.17. The van der Waals surface area contributed by atoms with Gasteiger partial charge in [0.05, 0.1) is 7.11 Å². The number of aryl methyl sites for hydroxylation is 1. The van der Waals surface area contributed by atoms with Gasteiger partial charge in [0, 0.05) is 24.9 Å². The van der Waals surface area contributed by atoms with Gasteiger partial charge in [0.2, 0.25) is 11.8 Å². The van der Waals surface area contributed by atoms with Crippen molar-refractivity contribution >= 4 is 11.9 Å². The molecule has 122 valence electrons. The molecule has 0 aliphatic carbocycles. The molecule has 0 fully saturated rings. The number of rotatable bonds is 5. The first-order chi connectivity index (χ1) is 10.9. The molecule has 0 saturated heterocycles. The summed E-state index contributed by atoms with van der Waals surface area (Å²) in [6.45, 7) is 1.70. The Morgan fingerprint density at radius 2 is 1.78 bits per heavy atom. The van der Waals surface area contributed by atoms with Gasteiger partial charge in [-0.1, -0.05) is 0 Å². The zero-order chi connectivity index (χ0) is 17.0. The van der Waals surface area contributed by atoms with Gasteiger partial charge in [-0.05, 0) is 24.6 Å². The summed E-state index contributed by atoms with van der Waals surface area (Å²) in [6.07, 6.45) is -1.21. The average molecular weight is 323 g/mol. The van der Waals surface area contributed by atoms with Crippen LogP contribution in [-0.4, -0.2) is 30.1 Å². The first kappa shape index (κ1) is 16.8. The number of amides is 1. The molecular formula is C15H15F2N3O3. The van der Waals surface area contributed by atoms with Gasteiger partial charge < -0.3 is 9.47 Å². The number of methoxy groups -OCH3 is 2. The van der Waals surface area contributed by atoms with E-state index in [4.69, 9.17) is 9.47 Å². The van der Waals surface area contributed by atoms with E-state index in [1.807, 2.05) is 0 Å². The highest BCUT2D eigenvalue weighted by Crippen LogP contribution is 2.21. The van der Waals surface area contributed by atoms with Crippen LogP contribution in [0, 0.1) is 18.6 Å². The Labute approximate surface area is 131 Å². The highest BCUT2D eigenvalue weighted by atomic mass is 19.1. The van der Waals surface area contributed by atoms with Crippen LogP contribution in [0.3, 0.4) is 0 Å². The monoisotopic (exact) mass is 323 g/mol.